The van der Waals surface area contributed by atoms with Gasteiger partial charge in [0.25, 0.3) is 0 Å². The first-order chi connectivity index (χ1) is 8.74. The van der Waals surface area contributed by atoms with Crippen LogP contribution >= 0.6 is 0 Å². The Morgan fingerprint density at radius 1 is 1.44 bits per heavy atom. The Bertz CT molecular complexity index is 420. The van der Waals surface area contributed by atoms with E-state index in [1.807, 2.05) is 6.07 Å². The lowest BCUT2D eigenvalue weighted by molar-refractivity contribution is 0.0541. The normalized spacial score (nSPS) is 29.4. The molecule has 1 aromatic heterocycles. The molecule has 2 unspecified atom stereocenters. The standard InChI is InChI=1S/C14H22N4/c1-11-8-17-7-3-5-13(17)10-18(11)9-12-4-2-6-16-14(12)15/h2,4,6,11,13H,3,5,7-10H2,1H3,(H2,15,16). The number of rotatable bonds is 2. The molecule has 0 amide bonds. The number of nitrogen functional groups attached to an aromatic ring is 1. The molecule has 0 bridgehead atoms. The molecular weight excluding hydrogens is 224 g/mol. The van der Waals surface area contributed by atoms with Crippen LogP contribution in [0.5, 0.6) is 0 Å². The molecule has 4 nitrogen and oxygen atoms in total. The van der Waals surface area contributed by atoms with Crippen LogP contribution < -0.4 is 5.73 Å². The van der Waals surface area contributed by atoms with Crippen LogP contribution in [0.25, 0.3) is 0 Å². The van der Waals surface area contributed by atoms with Gasteiger partial charge in [0.05, 0.1) is 0 Å². The minimum absolute atomic E-state index is 0.610. The Kier molecular flexibility index (Phi) is 3.22. The molecule has 0 spiro atoms. The van der Waals surface area contributed by atoms with Crippen molar-refractivity contribution in [2.24, 2.45) is 0 Å². The lowest BCUT2D eigenvalue weighted by Crippen LogP contribution is -2.54. The second kappa shape index (κ2) is 4.86. The molecule has 2 saturated heterocycles. The summed E-state index contributed by atoms with van der Waals surface area (Å²) in [6.45, 7) is 6.92. The Hall–Kier alpha value is -1.13. The van der Waals surface area contributed by atoms with Gasteiger partial charge in [-0.3, -0.25) is 9.80 Å². The third-order valence-electron chi connectivity index (χ3n) is 4.37. The zero-order chi connectivity index (χ0) is 12.5. The van der Waals surface area contributed by atoms with Crippen LogP contribution in [0.3, 0.4) is 0 Å². The van der Waals surface area contributed by atoms with Crippen LogP contribution in [-0.4, -0.2) is 46.5 Å². The first-order valence-corrected chi connectivity index (χ1v) is 6.91. The second-order valence-corrected chi connectivity index (χ2v) is 5.62. The highest BCUT2D eigenvalue weighted by Gasteiger charge is 2.34. The lowest BCUT2D eigenvalue weighted by atomic mass is 10.1. The van der Waals surface area contributed by atoms with Gasteiger partial charge in [-0.1, -0.05) is 6.07 Å². The summed E-state index contributed by atoms with van der Waals surface area (Å²) in [5.41, 5.74) is 7.10. The number of aromatic nitrogens is 1. The van der Waals surface area contributed by atoms with E-state index in [1.165, 1.54) is 32.5 Å². The number of nitrogens with two attached hydrogens (primary N) is 1. The molecule has 4 heteroatoms. The molecule has 2 aliphatic heterocycles. The lowest BCUT2D eigenvalue weighted by Gasteiger charge is -2.42. The first kappa shape index (κ1) is 11.9. The molecule has 18 heavy (non-hydrogen) atoms. The maximum absolute atomic E-state index is 5.94. The maximum Gasteiger partial charge on any atom is 0.127 e. The van der Waals surface area contributed by atoms with E-state index in [0.717, 1.165) is 18.2 Å². The van der Waals surface area contributed by atoms with Crippen molar-refractivity contribution in [1.82, 2.24) is 14.8 Å². The van der Waals surface area contributed by atoms with Crippen molar-refractivity contribution in [1.29, 1.82) is 0 Å². The molecule has 2 fully saturated rings. The summed E-state index contributed by atoms with van der Waals surface area (Å²) >= 11 is 0. The third kappa shape index (κ3) is 2.22. The fraction of sp³-hybridized carbons (Fsp3) is 0.643. The molecule has 3 rings (SSSR count). The monoisotopic (exact) mass is 246 g/mol. The highest BCUT2D eigenvalue weighted by molar-refractivity contribution is 5.38. The van der Waals surface area contributed by atoms with E-state index in [-0.39, 0.29) is 0 Å². The van der Waals surface area contributed by atoms with Gasteiger partial charge in [0.15, 0.2) is 0 Å². The van der Waals surface area contributed by atoms with E-state index in [9.17, 15) is 0 Å². The van der Waals surface area contributed by atoms with Crippen molar-refractivity contribution < 1.29 is 0 Å². The Balaban J connectivity index is 1.71. The highest BCUT2D eigenvalue weighted by Crippen LogP contribution is 2.26. The van der Waals surface area contributed by atoms with E-state index in [2.05, 4.69) is 27.8 Å². The smallest absolute Gasteiger partial charge is 0.127 e. The van der Waals surface area contributed by atoms with Crippen molar-refractivity contribution in [2.45, 2.75) is 38.4 Å². The minimum atomic E-state index is 0.610. The van der Waals surface area contributed by atoms with Crippen molar-refractivity contribution in [3.8, 4) is 0 Å². The summed E-state index contributed by atoms with van der Waals surface area (Å²) < 4.78 is 0. The summed E-state index contributed by atoms with van der Waals surface area (Å²) in [6, 6.07) is 5.44. The van der Waals surface area contributed by atoms with Gasteiger partial charge in [-0.05, 0) is 32.4 Å². The van der Waals surface area contributed by atoms with Crippen LogP contribution in [0.4, 0.5) is 5.82 Å². The Morgan fingerprint density at radius 3 is 3.17 bits per heavy atom. The average molecular weight is 246 g/mol. The van der Waals surface area contributed by atoms with Gasteiger partial charge in [-0.25, -0.2) is 4.98 Å². The van der Waals surface area contributed by atoms with Gasteiger partial charge in [0, 0.05) is 43.5 Å². The van der Waals surface area contributed by atoms with Gasteiger partial charge in [0.1, 0.15) is 5.82 Å². The van der Waals surface area contributed by atoms with Gasteiger partial charge in [-0.15, -0.1) is 0 Å². The second-order valence-electron chi connectivity index (χ2n) is 5.62. The van der Waals surface area contributed by atoms with Gasteiger partial charge >= 0.3 is 0 Å². The third-order valence-corrected chi connectivity index (χ3v) is 4.37. The number of piperazine rings is 1. The number of anilines is 1. The van der Waals surface area contributed by atoms with Crippen molar-refractivity contribution in [3.63, 3.8) is 0 Å². The molecule has 2 aliphatic rings. The van der Waals surface area contributed by atoms with Gasteiger partial charge in [-0.2, -0.15) is 0 Å². The van der Waals surface area contributed by atoms with Gasteiger partial charge in [0.2, 0.25) is 0 Å². The minimum Gasteiger partial charge on any atom is -0.383 e. The van der Waals surface area contributed by atoms with Crippen LogP contribution in [0.15, 0.2) is 18.3 Å². The molecule has 98 valence electrons. The van der Waals surface area contributed by atoms with Crippen LogP contribution in [0.2, 0.25) is 0 Å². The number of fused-ring (bicyclic) bond motifs is 1. The molecule has 2 N–H and O–H groups in total. The quantitative estimate of drug-likeness (QED) is 0.855. The zero-order valence-corrected chi connectivity index (χ0v) is 11.0. The predicted molar refractivity (Wildman–Crippen MR) is 73.1 cm³/mol. The fourth-order valence-electron chi connectivity index (χ4n) is 3.27. The predicted octanol–water partition coefficient (Wildman–Crippen LogP) is 1.33. The highest BCUT2D eigenvalue weighted by atomic mass is 15.3. The Morgan fingerprint density at radius 2 is 2.33 bits per heavy atom. The van der Waals surface area contributed by atoms with E-state index in [0.29, 0.717) is 11.9 Å². The van der Waals surface area contributed by atoms with Crippen LogP contribution in [-0.2, 0) is 6.54 Å². The number of hydrogen-bond acceptors (Lipinski definition) is 4. The van der Waals surface area contributed by atoms with E-state index in [4.69, 9.17) is 5.73 Å². The molecule has 1 aromatic rings. The average Bonchev–Trinajstić information content (AvgIpc) is 2.79. The fourth-order valence-corrected chi connectivity index (χ4v) is 3.27. The van der Waals surface area contributed by atoms with Gasteiger partial charge < -0.3 is 5.73 Å². The molecule has 0 aliphatic carbocycles. The SMILES string of the molecule is CC1CN2CCCC2CN1Cc1cccnc1N. The molecule has 2 atom stereocenters. The number of hydrogen-bond donors (Lipinski definition) is 1. The molecule has 0 radical (unpaired) electrons. The summed E-state index contributed by atoms with van der Waals surface area (Å²) in [5, 5.41) is 0. The largest absolute Gasteiger partial charge is 0.383 e. The van der Waals surface area contributed by atoms with Crippen molar-refractivity contribution in [2.75, 3.05) is 25.4 Å². The summed E-state index contributed by atoms with van der Waals surface area (Å²) in [6.07, 6.45) is 4.48. The summed E-state index contributed by atoms with van der Waals surface area (Å²) in [5.74, 6) is 0.679. The van der Waals surface area contributed by atoms with Crippen LogP contribution in [0.1, 0.15) is 25.3 Å². The zero-order valence-electron chi connectivity index (χ0n) is 11.0. The molecular formula is C14H22N4. The molecule has 0 aromatic carbocycles. The molecule has 0 saturated carbocycles. The number of nitrogens with zero attached hydrogens (tertiary/aromatic N) is 3. The van der Waals surface area contributed by atoms with E-state index < -0.39 is 0 Å². The summed E-state index contributed by atoms with van der Waals surface area (Å²) in [7, 11) is 0. The number of pyridine rings is 1. The van der Waals surface area contributed by atoms with Crippen molar-refractivity contribution >= 4 is 5.82 Å². The topological polar surface area (TPSA) is 45.4 Å². The van der Waals surface area contributed by atoms with Crippen molar-refractivity contribution in [3.05, 3.63) is 23.9 Å². The summed E-state index contributed by atoms with van der Waals surface area (Å²) in [4.78, 5) is 9.38. The van der Waals surface area contributed by atoms with Crippen LogP contribution in [0, 0.1) is 0 Å². The van der Waals surface area contributed by atoms with E-state index in [1.54, 1.807) is 6.20 Å². The first-order valence-electron chi connectivity index (χ1n) is 6.91. The molecule has 3 heterocycles. The maximum atomic E-state index is 5.94. The van der Waals surface area contributed by atoms with E-state index >= 15 is 0 Å². The Labute approximate surface area is 109 Å².